The monoisotopic (exact) mass is 327 g/mol. The Morgan fingerprint density at radius 2 is 1.90 bits per heavy atom. The lowest BCUT2D eigenvalue weighted by Gasteiger charge is -2.13. The second-order valence-corrected chi connectivity index (χ2v) is 5.52. The highest BCUT2D eigenvalue weighted by atomic mass is 35.5. The Hall–Kier alpha value is -1.46. The smallest absolute Gasteiger partial charge is 0.203 e. The number of benzene rings is 1. The van der Waals surface area contributed by atoms with Gasteiger partial charge in [-0.3, -0.25) is 0 Å². The first kappa shape index (κ1) is 15.9. The molecule has 21 heavy (non-hydrogen) atoms. The normalized spacial score (nSPS) is 10.4. The summed E-state index contributed by atoms with van der Waals surface area (Å²) in [6, 6.07) is 5.57. The van der Waals surface area contributed by atoms with E-state index >= 15 is 0 Å². The lowest BCUT2D eigenvalue weighted by atomic mass is 10.3. The lowest BCUT2D eigenvalue weighted by Crippen LogP contribution is -2.02. The van der Waals surface area contributed by atoms with Crippen molar-refractivity contribution in [3.63, 3.8) is 0 Å². The molecule has 0 atom stereocenters. The van der Waals surface area contributed by atoms with Crippen molar-refractivity contribution in [2.24, 2.45) is 0 Å². The molecule has 0 aliphatic carbocycles. The van der Waals surface area contributed by atoms with Gasteiger partial charge in [-0.2, -0.15) is 0 Å². The first-order valence-corrected chi connectivity index (χ1v) is 8.03. The van der Waals surface area contributed by atoms with E-state index < -0.39 is 0 Å². The van der Waals surface area contributed by atoms with Crippen LogP contribution in [0.4, 0.5) is 0 Å². The van der Waals surface area contributed by atoms with Gasteiger partial charge >= 0.3 is 0 Å². The van der Waals surface area contributed by atoms with Crippen LogP contribution in [0.5, 0.6) is 17.2 Å². The van der Waals surface area contributed by atoms with Crippen molar-refractivity contribution in [2.45, 2.75) is 18.7 Å². The van der Waals surface area contributed by atoms with Gasteiger partial charge in [0.2, 0.25) is 5.75 Å². The third-order valence-electron chi connectivity index (χ3n) is 2.90. The minimum atomic E-state index is 0.464. The maximum Gasteiger partial charge on any atom is 0.203 e. The van der Waals surface area contributed by atoms with Gasteiger partial charge in [0.05, 0.1) is 37.4 Å². The number of halogens is 1. The molecule has 0 bridgehead atoms. The predicted molar refractivity (Wildman–Crippen MR) is 85.0 cm³/mol. The Labute approximate surface area is 133 Å². The van der Waals surface area contributed by atoms with Crippen LogP contribution in [0.1, 0.15) is 17.1 Å². The zero-order chi connectivity index (χ0) is 15.1. The molecule has 0 aliphatic rings. The Morgan fingerprint density at radius 3 is 2.48 bits per heavy atom. The maximum atomic E-state index is 5.81. The number of para-hydroxylation sites is 1. The quantitative estimate of drug-likeness (QED) is 0.544. The van der Waals surface area contributed by atoms with Gasteiger partial charge in [0.15, 0.2) is 11.5 Å². The van der Waals surface area contributed by atoms with E-state index in [4.69, 9.17) is 25.8 Å². The van der Waals surface area contributed by atoms with Crippen LogP contribution < -0.4 is 14.2 Å². The Morgan fingerprint density at radius 1 is 1.19 bits per heavy atom. The van der Waals surface area contributed by atoms with Crippen LogP contribution in [-0.4, -0.2) is 25.8 Å². The van der Waals surface area contributed by atoms with Crippen molar-refractivity contribution >= 4 is 22.9 Å². The first-order chi connectivity index (χ1) is 10.3. The Bertz CT molecular complexity index is 552. The van der Waals surface area contributed by atoms with Crippen molar-refractivity contribution < 1.29 is 14.2 Å². The molecule has 0 saturated carbocycles. The van der Waals surface area contributed by atoms with E-state index in [1.807, 2.05) is 23.6 Å². The van der Waals surface area contributed by atoms with E-state index in [-0.39, 0.29) is 0 Å². The van der Waals surface area contributed by atoms with Crippen molar-refractivity contribution in [1.29, 1.82) is 0 Å². The highest BCUT2D eigenvalue weighted by molar-refractivity contribution is 7.09. The maximum absolute atomic E-state index is 5.81. The summed E-state index contributed by atoms with van der Waals surface area (Å²) < 4.78 is 16.4. The summed E-state index contributed by atoms with van der Waals surface area (Å²) in [6.45, 7) is 0.576. The van der Waals surface area contributed by atoms with Gasteiger partial charge in [0.25, 0.3) is 0 Å². The molecule has 2 rings (SSSR count). The first-order valence-electron chi connectivity index (χ1n) is 6.61. The number of alkyl halides is 1. The zero-order valence-corrected chi connectivity index (χ0v) is 13.7. The van der Waals surface area contributed by atoms with Crippen molar-refractivity contribution in [3.8, 4) is 17.2 Å². The van der Waals surface area contributed by atoms with Crippen molar-refractivity contribution in [1.82, 2.24) is 4.98 Å². The van der Waals surface area contributed by atoms with Crippen LogP contribution in [0.25, 0.3) is 0 Å². The number of hydrogen-bond acceptors (Lipinski definition) is 5. The molecule has 4 nitrogen and oxygen atoms in total. The second kappa shape index (κ2) is 8.10. The fraction of sp³-hybridized carbons (Fsp3) is 0.400. The summed E-state index contributed by atoms with van der Waals surface area (Å²) in [6.07, 6.45) is 1.75. The summed E-state index contributed by atoms with van der Waals surface area (Å²) in [5, 5.41) is 3.08. The van der Waals surface area contributed by atoms with Gasteiger partial charge in [-0.05, 0) is 18.6 Å². The molecule has 0 radical (unpaired) electrons. The van der Waals surface area contributed by atoms with Crippen molar-refractivity contribution in [2.75, 3.05) is 20.8 Å². The van der Waals surface area contributed by atoms with E-state index in [2.05, 4.69) is 4.98 Å². The second-order valence-electron chi connectivity index (χ2n) is 4.31. The molecule has 0 aliphatic heterocycles. The van der Waals surface area contributed by atoms with Crippen molar-refractivity contribution in [3.05, 3.63) is 34.3 Å². The highest BCUT2D eigenvalue weighted by Crippen LogP contribution is 2.36. The van der Waals surface area contributed by atoms with E-state index in [1.54, 1.807) is 25.6 Å². The standard InChI is InChI=1S/C15H18ClNO3S/c1-18-12-5-3-6-13(19-2)15(12)20-8-4-7-14-17-11(9-16)10-21-14/h3,5-6,10H,4,7-9H2,1-2H3. The minimum absolute atomic E-state index is 0.464. The van der Waals surface area contributed by atoms with Gasteiger partial charge in [-0.15, -0.1) is 22.9 Å². The van der Waals surface area contributed by atoms with E-state index in [9.17, 15) is 0 Å². The summed E-state index contributed by atoms with van der Waals surface area (Å²) in [5.74, 6) is 2.45. The molecule has 2 aromatic rings. The Balaban J connectivity index is 1.88. The number of nitrogens with zero attached hydrogens (tertiary/aromatic N) is 1. The molecule has 0 saturated heterocycles. The Kier molecular flexibility index (Phi) is 6.14. The number of ether oxygens (including phenoxy) is 3. The molecule has 0 unspecified atom stereocenters. The van der Waals surface area contributed by atoms with Crippen LogP contribution in [0, 0.1) is 0 Å². The summed E-state index contributed by atoms with van der Waals surface area (Å²) in [5.41, 5.74) is 0.934. The number of rotatable bonds is 8. The van der Waals surface area contributed by atoms with Gasteiger partial charge in [-0.1, -0.05) is 6.07 Å². The van der Waals surface area contributed by atoms with Crippen LogP contribution in [0.3, 0.4) is 0 Å². The molecular weight excluding hydrogens is 310 g/mol. The average Bonchev–Trinajstić information content (AvgIpc) is 2.99. The molecule has 1 heterocycles. The molecule has 114 valence electrons. The van der Waals surface area contributed by atoms with Crippen LogP contribution in [0.2, 0.25) is 0 Å². The number of thiazole rings is 1. The molecule has 0 fully saturated rings. The number of aromatic nitrogens is 1. The molecular formula is C15H18ClNO3S. The SMILES string of the molecule is COc1cccc(OC)c1OCCCc1nc(CCl)cs1. The molecule has 0 spiro atoms. The van der Waals surface area contributed by atoms with Gasteiger partial charge in [0, 0.05) is 11.8 Å². The molecule has 0 amide bonds. The molecule has 6 heteroatoms. The van der Waals surface area contributed by atoms with Gasteiger partial charge in [-0.25, -0.2) is 4.98 Å². The van der Waals surface area contributed by atoms with Crippen LogP contribution in [-0.2, 0) is 12.3 Å². The van der Waals surface area contributed by atoms with E-state index in [0.29, 0.717) is 29.7 Å². The lowest BCUT2D eigenvalue weighted by molar-refractivity contribution is 0.271. The minimum Gasteiger partial charge on any atom is -0.493 e. The summed E-state index contributed by atoms with van der Waals surface area (Å²) >= 11 is 7.38. The van der Waals surface area contributed by atoms with Gasteiger partial charge < -0.3 is 14.2 Å². The molecule has 1 aromatic heterocycles. The third-order valence-corrected chi connectivity index (χ3v) is 4.13. The van der Waals surface area contributed by atoms with E-state index in [0.717, 1.165) is 23.5 Å². The van der Waals surface area contributed by atoms with Gasteiger partial charge in [0.1, 0.15) is 0 Å². The zero-order valence-electron chi connectivity index (χ0n) is 12.1. The summed E-state index contributed by atoms with van der Waals surface area (Å²) in [7, 11) is 3.23. The topological polar surface area (TPSA) is 40.6 Å². The third kappa shape index (κ3) is 4.25. The number of methoxy groups -OCH3 is 2. The number of aryl methyl sites for hydroxylation is 1. The highest BCUT2D eigenvalue weighted by Gasteiger charge is 2.11. The molecule has 1 aromatic carbocycles. The summed E-state index contributed by atoms with van der Waals surface area (Å²) in [4.78, 5) is 4.42. The molecule has 0 N–H and O–H groups in total. The fourth-order valence-electron chi connectivity index (χ4n) is 1.88. The van der Waals surface area contributed by atoms with Crippen LogP contribution in [0.15, 0.2) is 23.6 Å². The predicted octanol–water partition coefficient (Wildman–Crippen LogP) is 3.91. The average molecular weight is 328 g/mol. The van der Waals surface area contributed by atoms with E-state index in [1.165, 1.54) is 0 Å². The fourth-order valence-corrected chi connectivity index (χ4v) is 2.95. The van der Waals surface area contributed by atoms with Crippen LogP contribution >= 0.6 is 22.9 Å². The number of hydrogen-bond donors (Lipinski definition) is 0. The largest absolute Gasteiger partial charge is 0.493 e.